The van der Waals surface area contributed by atoms with Crippen LogP contribution >= 0.6 is 0 Å². The molecule has 0 aromatic carbocycles. The van der Waals surface area contributed by atoms with Crippen LogP contribution in [0.25, 0.3) is 0 Å². The van der Waals surface area contributed by atoms with Gasteiger partial charge in [0.15, 0.2) is 5.69 Å². The number of nitrogens with zero attached hydrogens (tertiary/aromatic N) is 2. The maximum absolute atomic E-state index is 12.0. The number of rotatable bonds is 5. The third kappa shape index (κ3) is 3.43. The Morgan fingerprint density at radius 3 is 2.78 bits per heavy atom. The van der Waals surface area contributed by atoms with Gasteiger partial charge in [0.2, 0.25) is 10.0 Å². The van der Waals surface area contributed by atoms with E-state index < -0.39 is 34.0 Å². The second-order valence-corrected chi connectivity index (χ2v) is 4.95. The highest BCUT2D eigenvalue weighted by Gasteiger charge is 2.23. The van der Waals surface area contributed by atoms with Crippen LogP contribution < -0.4 is 4.72 Å². The molecule has 6 nitrogen and oxygen atoms in total. The summed E-state index contributed by atoms with van der Waals surface area (Å²) in [5, 5.41) is 17.5. The largest absolute Gasteiger partial charge is 0.386 e. The summed E-state index contributed by atoms with van der Waals surface area (Å²) in [5.74, 6) is 0. The smallest absolute Gasteiger partial charge is 0.265 e. The molecule has 0 amide bonds. The predicted molar refractivity (Wildman–Crippen MR) is 56.2 cm³/mol. The van der Waals surface area contributed by atoms with Crippen molar-refractivity contribution in [3.05, 3.63) is 24.0 Å². The zero-order valence-corrected chi connectivity index (χ0v) is 9.73. The van der Waals surface area contributed by atoms with Crippen molar-refractivity contribution in [3.8, 4) is 6.07 Å². The van der Waals surface area contributed by atoms with E-state index in [4.69, 9.17) is 10.4 Å². The number of aliphatic hydroxyl groups is 1. The summed E-state index contributed by atoms with van der Waals surface area (Å²) >= 11 is 0. The maximum atomic E-state index is 12.0. The number of alkyl halides is 2. The average Bonchev–Trinajstić information content (AvgIpc) is 2.35. The van der Waals surface area contributed by atoms with E-state index in [9.17, 15) is 17.2 Å². The summed E-state index contributed by atoms with van der Waals surface area (Å²) in [7, 11) is -4.16. The van der Waals surface area contributed by atoms with Crippen LogP contribution in [0, 0.1) is 11.3 Å². The lowest BCUT2D eigenvalue weighted by Gasteiger charge is -2.11. The molecule has 0 aliphatic heterocycles. The minimum Gasteiger partial charge on any atom is -0.386 e. The SMILES string of the molecule is N#Cc1ncccc1S(=O)(=O)NCC(O)C(F)F. The monoisotopic (exact) mass is 277 g/mol. The minimum absolute atomic E-state index is 0.350. The first-order valence-corrected chi connectivity index (χ1v) is 6.18. The van der Waals surface area contributed by atoms with Crippen LogP contribution in [0.2, 0.25) is 0 Å². The minimum atomic E-state index is -4.16. The summed E-state index contributed by atoms with van der Waals surface area (Å²) in [5.41, 5.74) is -0.350. The molecule has 1 heterocycles. The quantitative estimate of drug-likeness (QED) is 0.779. The summed E-state index contributed by atoms with van der Waals surface area (Å²) in [6.07, 6.45) is -3.94. The standard InChI is InChI=1S/C9H9F2N3O3S/c10-9(11)7(15)5-14-18(16,17)8-2-1-3-13-6(8)4-12/h1-3,7,9,14-15H,5H2. The van der Waals surface area contributed by atoms with Crippen molar-refractivity contribution in [1.82, 2.24) is 9.71 Å². The van der Waals surface area contributed by atoms with Crippen LogP contribution in [0.5, 0.6) is 0 Å². The van der Waals surface area contributed by atoms with Gasteiger partial charge in [0.05, 0.1) is 0 Å². The summed E-state index contributed by atoms with van der Waals surface area (Å²) in [4.78, 5) is 3.11. The molecular formula is C9H9F2N3O3S. The molecule has 1 aromatic heterocycles. The van der Waals surface area contributed by atoms with Crippen LogP contribution in [0.3, 0.4) is 0 Å². The molecule has 9 heteroatoms. The number of nitriles is 1. The highest BCUT2D eigenvalue weighted by Crippen LogP contribution is 2.12. The van der Waals surface area contributed by atoms with Crippen molar-refractivity contribution in [2.24, 2.45) is 0 Å². The zero-order valence-electron chi connectivity index (χ0n) is 8.92. The summed E-state index contributed by atoms with van der Waals surface area (Å²) in [6, 6.07) is 3.98. The number of pyridine rings is 1. The molecular weight excluding hydrogens is 268 g/mol. The Morgan fingerprint density at radius 2 is 2.22 bits per heavy atom. The van der Waals surface area contributed by atoms with Gasteiger partial charge in [-0.25, -0.2) is 26.9 Å². The molecule has 98 valence electrons. The molecule has 0 bridgehead atoms. The zero-order chi connectivity index (χ0) is 13.8. The fourth-order valence-corrected chi connectivity index (χ4v) is 2.21. The fourth-order valence-electron chi connectivity index (χ4n) is 1.05. The van der Waals surface area contributed by atoms with Crippen molar-refractivity contribution in [1.29, 1.82) is 5.26 Å². The molecule has 1 unspecified atom stereocenters. The van der Waals surface area contributed by atoms with Gasteiger partial charge in [-0.1, -0.05) is 0 Å². The molecule has 0 fully saturated rings. The molecule has 0 saturated carbocycles. The van der Waals surface area contributed by atoms with Crippen molar-refractivity contribution in [3.63, 3.8) is 0 Å². The Kier molecular flexibility index (Phi) is 4.66. The maximum Gasteiger partial charge on any atom is 0.265 e. The van der Waals surface area contributed by atoms with E-state index in [2.05, 4.69) is 4.98 Å². The van der Waals surface area contributed by atoms with Gasteiger partial charge in [-0.05, 0) is 12.1 Å². The molecule has 1 atom stereocenters. The number of aromatic nitrogens is 1. The van der Waals surface area contributed by atoms with E-state index in [1.807, 2.05) is 0 Å². The van der Waals surface area contributed by atoms with Crippen molar-refractivity contribution in [2.75, 3.05) is 6.54 Å². The van der Waals surface area contributed by atoms with Gasteiger partial charge in [-0.15, -0.1) is 0 Å². The summed E-state index contributed by atoms with van der Waals surface area (Å²) < 4.78 is 49.1. The number of aliphatic hydroxyl groups excluding tert-OH is 1. The van der Waals surface area contributed by atoms with Crippen molar-refractivity contribution in [2.45, 2.75) is 17.4 Å². The van der Waals surface area contributed by atoms with Crippen LogP contribution in [0.4, 0.5) is 8.78 Å². The molecule has 1 aromatic rings. The van der Waals surface area contributed by atoms with Crippen LogP contribution in [0.1, 0.15) is 5.69 Å². The third-order valence-corrected chi connectivity index (χ3v) is 3.39. The van der Waals surface area contributed by atoms with E-state index in [0.717, 1.165) is 6.07 Å². The number of hydrogen-bond acceptors (Lipinski definition) is 5. The molecule has 1 rings (SSSR count). The molecule has 0 saturated heterocycles. The number of sulfonamides is 1. The highest BCUT2D eigenvalue weighted by molar-refractivity contribution is 7.89. The number of halogens is 2. The van der Waals surface area contributed by atoms with Gasteiger partial charge in [0.1, 0.15) is 17.1 Å². The van der Waals surface area contributed by atoms with E-state index in [0.29, 0.717) is 0 Å². The first kappa shape index (κ1) is 14.4. The van der Waals surface area contributed by atoms with E-state index in [1.165, 1.54) is 12.3 Å². The molecule has 18 heavy (non-hydrogen) atoms. The van der Waals surface area contributed by atoms with Gasteiger partial charge >= 0.3 is 0 Å². The second kappa shape index (κ2) is 5.81. The van der Waals surface area contributed by atoms with Gasteiger partial charge in [0.25, 0.3) is 6.43 Å². The van der Waals surface area contributed by atoms with E-state index in [1.54, 1.807) is 10.8 Å². The molecule has 2 N–H and O–H groups in total. The molecule has 0 aliphatic rings. The lowest BCUT2D eigenvalue weighted by molar-refractivity contribution is -0.000452. The molecule has 0 radical (unpaired) electrons. The normalized spacial score (nSPS) is 13.3. The van der Waals surface area contributed by atoms with Crippen LogP contribution in [-0.4, -0.2) is 37.6 Å². The van der Waals surface area contributed by atoms with Gasteiger partial charge in [-0.2, -0.15) is 5.26 Å². The summed E-state index contributed by atoms with van der Waals surface area (Å²) in [6.45, 7) is -0.847. The first-order chi connectivity index (χ1) is 8.38. The second-order valence-electron chi connectivity index (χ2n) is 3.22. The van der Waals surface area contributed by atoms with Crippen molar-refractivity contribution < 1.29 is 22.3 Å². The number of hydrogen-bond donors (Lipinski definition) is 2. The Morgan fingerprint density at radius 1 is 1.56 bits per heavy atom. The highest BCUT2D eigenvalue weighted by atomic mass is 32.2. The van der Waals surface area contributed by atoms with Gasteiger partial charge in [0, 0.05) is 12.7 Å². The Labute approximate surface area is 102 Å². The van der Waals surface area contributed by atoms with Crippen LogP contribution in [-0.2, 0) is 10.0 Å². The fraction of sp³-hybridized carbons (Fsp3) is 0.333. The topological polar surface area (TPSA) is 103 Å². The first-order valence-electron chi connectivity index (χ1n) is 4.69. The predicted octanol–water partition coefficient (Wildman–Crippen LogP) is -0.142. The lowest BCUT2D eigenvalue weighted by Crippen LogP contribution is -2.36. The Hall–Kier alpha value is -1.63. The van der Waals surface area contributed by atoms with Gasteiger partial charge < -0.3 is 5.11 Å². The lowest BCUT2D eigenvalue weighted by atomic mass is 10.4. The number of nitrogens with one attached hydrogen (secondary N) is 1. The third-order valence-electron chi connectivity index (χ3n) is 1.94. The van der Waals surface area contributed by atoms with Gasteiger partial charge in [-0.3, -0.25) is 0 Å². The molecule has 0 aliphatic carbocycles. The van der Waals surface area contributed by atoms with E-state index in [-0.39, 0.29) is 5.69 Å². The average molecular weight is 277 g/mol. The van der Waals surface area contributed by atoms with E-state index >= 15 is 0 Å². The van der Waals surface area contributed by atoms with Crippen LogP contribution in [0.15, 0.2) is 23.2 Å². The van der Waals surface area contributed by atoms with Crippen molar-refractivity contribution >= 4 is 10.0 Å². The Bertz CT molecular complexity index is 556. The Balaban J connectivity index is 2.91. The molecule has 0 spiro atoms.